The van der Waals surface area contributed by atoms with Crippen LogP contribution in [0.5, 0.6) is 0 Å². The maximum atomic E-state index is 12.8. The molecule has 1 aromatic rings. The molecule has 0 bridgehead atoms. The van der Waals surface area contributed by atoms with Crippen molar-refractivity contribution in [2.24, 2.45) is 0 Å². The molecule has 1 amide bonds. The molecular weight excluding hydrogens is 285 g/mol. The van der Waals surface area contributed by atoms with E-state index in [9.17, 15) is 18.0 Å². The van der Waals surface area contributed by atoms with Crippen molar-refractivity contribution in [2.75, 3.05) is 23.3 Å². The lowest BCUT2D eigenvalue weighted by Crippen LogP contribution is -2.42. The molecule has 0 unspecified atom stereocenters. The molecular formula is C14H17F3N2O2. The van der Waals surface area contributed by atoms with Crippen LogP contribution in [-0.2, 0) is 10.9 Å². The predicted molar refractivity (Wildman–Crippen MR) is 73.5 cm³/mol. The molecule has 1 heterocycles. The number of carbonyl (C=O) groups is 1. The summed E-state index contributed by atoms with van der Waals surface area (Å²) in [5.74, 6) is 0. The standard InChI is InChI=1S/C14H17F3N2O2/c1-13(2,3)21-12(20)19-7-6-18-10-5-4-9(8-11(10)19)14(15,16)17/h4-5,8,18H,6-7H2,1-3H3. The first-order valence-electron chi connectivity index (χ1n) is 6.53. The second-order valence-electron chi connectivity index (χ2n) is 5.79. The minimum Gasteiger partial charge on any atom is -0.443 e. The lowest BCUT2D eigenvalue weighted by molar-refractivity contribution is -0.137. The number of hydrogen-bond acceptors (Lipinski definition) is 3. The van der Waals surface area contributed by atoms with Crippen LogP contribution in [-0.4, -0.2) is 24.8 Å². The number of ether oxygens (including phenoxy) is 1. The zero-order valence-electron chi connectivity index (χ0n) is 12.0. The highest BCUT2D eigenvalue weighted by Gasteiger charge is 2.34. The molecule has 21 heavy (non-hydrogen) atoms. The van der Waals surface area contributed by atoms with Crippen molar-refractivity contribution in [1.29, 1.82) is 0 Å². The smallest absolute Gasteiger partial charge is 0.416 e. The number of alkyl halides is 3. The Morgan fingerprint density at radius 3 is 2.52 bits per heavy atom. The van der Waals surface area contributed by atoms with Gasteiger partial charge in [0.2, 0.25) is 0 Å². The van der Waals surface area contributed by atoms with E-state index in [1.54, 1.807) is 20.8 Å². The highest BCUT2D eigenvalue weighted by molar-refractivity contribution is 5.93. The van der Waals surface area contributed by atoms with Gasteiger partial charge in [-0.3, -0.25) is 4.90 Å². The summed E-state index contributed by atoms with van der Waals surface area (Å²) < 4.78 is 43.6. The zero-order valence-corrected chi connectivity index (χ0v) is 12.0. The van der Waals surface area contributed by atoms with Gasteiger partial charge in [-0.25, -0.2) is 4.79 Å². The number of anilines is 2. The van der Waals surface area contributed by atoms with E-state index in [-0.39, 0.29) is 12.2 Å². The summed E-state index contributed by atoms with van der Waals surface area (Å²) in [6.45, 7) is 5.83. The van der Waals surface area contributed by atoms with Gasteiger partial charge in [-0.05, 0) is 39.0 Å². The fraction of sp³-hybridized carbons (Fsp3) is 0.500. The van der Waals surface area contributed by atoms with Crippen LogP contribution < -0.4 is 10.2 Å². The molecule has 0 aliphatic carbocycles. The molecule has 0 spiro atoms. The number of halogens is 3. The van der Waals surface area contributed by atoms with E-state index in [1.165, 1.54) is 11.0 Å². The third-order valence-electron chi connectivity index (χ3n) is 2.88. The molecule has 0 saturated heterocycles. The number of amides is 1. The molecule has 4 nitrogen and oxygen atoms in total. The monoisotopic (exact) mass is 302 g/mol. The van der Waals surface area contributed by atoms with Gasteiger partial charge in [-0.15, -0.1) is 0 Å². The Morgan fingerprint density at radius 2 is 1.95 bits per heavy atom. The van der Waals surface area contributed by atoms with Crippen molar-refractivity contribution in [1.82, 2.24) is 0 Å². The van der Waals surface area contributed by atoms with Crippen molar-refractivity contribution in [3.05, 3.63) is 23.8 Å². The molecule has 1 aliphatic heterocycles. The van der Waals surface area contributed by atoms with Gasteiger partial charge in [0.05, 0.1) is 16.9 Å². The molecule has 1 aromatic carbocycles. The van der Waals surface area contributed by atoms with Gasteiger partial charge in [-0.1, -0.05) is 0 Å². The number of hydrogen-bond donors (Lipinski definition) is 1. The second kappa shape index (κ2) is 5.13. The first-order valence-corrected chi connectivity index (χ1v) is 6.53. The first-order chi connectivity index (χ1) is 9.58. The van der Waals surface area contributed by atoms with E-state index < -0.39 is 23.4 Å². The summed E-state index contributed by atoms with van der Waals surface area (Å²) in [6.07, 6.45) is -5.10. The average molecular weight is 302 g/mol. The van der Waals surface area contributed by atoms with Crippen LogP contribution >= 0.6 is 0 Å². The fourth-order valence-corrected chi connectivity index (χ4v) is 2.01. The maximum Gasteiger partial charge on any atom is 0.416 e. The normalized spacial score (nSPS) is 15.2. The quantitative estimate of drug-likeness (QED) is 0.791. The van der Waals surface area contributed by atoms with Crippen LogP contribution in [0.2, 0.25) is 0 Å². The van der Waals surface area contributed by atoms with Crippen LogP contribution in [0, 0.1) is 0 Å². The van der Waals surface area contributed by atoms with E-state index >= 15 is 0 Å². The van der Waals surface area contributed by atoms with E-state index in [0.717, 1.165) is 12.1 Å². The molecule has 0 fully saturated rings. The third-order valence-corrected chi connectivity index (χ3v) is 2.88. The second-order valence-corrected chi connectivity index (χ2v) is 5.79. The molecule has 116 valence electrons. The van der Waals surface area contributed by atoms with Crippen molar-refractivity contribution >= 4 is 17.5 Å². The van der Waals surface area contributed by atoms with Gasteiger partial charge in [0.15, 0.2) is 0 Å². The average Bonchev–Trinajstić information content (AvgIpc) is 2.34. The molecule has 1 aliphatic rings. The number of rotatable bonds is 0. The highest BCUT2D eigenvalue weighted by atomic mass is 19.4. The molecule has 0 aromatic heterocycles. The lowest BCUT2D eigenvalue weighted by atomic mass is 10.1. The molecule has 7 heteroatoms. The Bertz CT molecular complexity index is 550. The highest BCUT2D eigenvalue weighted by Crippen LogP contribution is 2.37. The van der Waals surface area contributed by atoms with Crippen molar-refractivity contribution in [3.63, 3.8) is 0 Å². The number of benzene rings is 1. The van der Waals surface area contributed by atoms with Crippen LogP contribution in [0.4, 0.5) is 29.3 Å². The Hall–Kier alpha value is -1.92. The minimum absolute atomic E-state index is 0.185. The van der Waals surface area contributed by atoms with Crippen molar-refractivity contribution < 1.29 is 22.7 Å². The molecule has 1 N–H and O–H groups in total. The SMILES string of the molecule is CC(C)(C)OC(=O)N1CCNc2ccc(C(F)(F)F)cc21. The van der Waals surface area contributed by atoms with Gasteiger partial charge in [-0.2, -0.15) is 13.2 Å². The summed E-state index contributed by atoms with van der Waals surface area (Å²) >= 11 is 0. The van der Waals surface area contributed by atoms with Crippen LogP contribution in [0.1, 0.15) is 26.3 Å². The maximum absolute atomic E-state index is 12.8. The van der Waals surface area contributed by atoms with Gasteiger partial charge in [0.25, 0.3) is 0 Å². The van der Waals surface area contributed by atoms with Gasteiger partial charge in [0.1, 0.15) is 5.60 Å². The lowest BCUT2D eigenvalue weighted by Gasteiger charge is -2.32. The third kappa shape index (κ3) is 3.59. The van der Waals surface area contributed by atoms with Gasteiger partial charge in [0, 0.05) is 13.1 Å². The van der Waals surface area contributed by atoms with Crippen LogP contribution in [0.3, 0.4) is 0 Å². The van der Waals surface area contributed by atoms with E-state index in [1.807, 2.05) is 0 Å². The molecule has 0 radical (unpaired) electrons. The number of nitrogens with zero attached hydrogens (tertiary/aromatic N) is 1. The van der Waals surface area contributed by atoms with Gasteiger partial charge < -0.3 is 10.1 Å². The molecule has 2 rings (SSSR count). The van der Waals surface area contributed by atoms with E-state index in [2.05, 4.69) is 5.32 Å². The van der Waals surface area contributed by atoms with E-state index in [4.69, 9.17) is 4.74 Å². The topological polar surface area (TPSA) is 41.6 Å². The Balaban J connectivity index is 2.35. The summed E-state index contributed by atoms with van der Waals surface area (Å²) in [5.41, 5.74) is -0.826. The number of fused-ring (bicyclic) bond motifs is 1. The number of nitrogens with one attached hydrogen (secondary N) is 1. The Kier molecular flexibility index (Phi) is 3.78. The van der Waals surface area contributed by atoms with Crippen LogP contribution in [0.25, 0.3) is 0 Å². The first kappa shape index (κ1) is 15.5. The van der Waals surface area contributed by atoms with Crippen LogP contribution in [0.15, 0.2) is 18.2 Å². The largest absolute Gasteiger partial charge is 0.443 e. The summed E-state index contributed by atoms with van der Waals surface area (Å²) in [4.78, 5) is 13.4. The summed E-state index contributed by atoms with van der Waals surface area (Å²) in [5, 5.41) is 2.97. The molecule has 0 atom stereocenters. The molecule has 0 saturated carbocycles. The Morgan fingerprint density at radius 1 is 1.29 bits per heavy atom. The minimum atomic E-state index is -4.45. The summed E-state index contributed by atoms with van der Waals surface area (Å²) in [7, 11) is 0. The number of carbonyl (C=O) groups excluding carboxylic acids is 1. The van der Waals surface area contributed by atoms with Gasteiger partial charge >= 0.3 is 12.3 Å². The fourth-order valence-electron chi connectivity index (χ4n) is 2.01. The van der Waals surface area contributed by atoms with Crippen molar-refractivity contribution in [2.45, 2.75) is 32.5 Å². The zero-order chi connectivity index (χ0) is 15.8. The van der Waals surface area contributed by atoms with E-state index in [0.29, 0.717) is 12.2 Å². The summed E-state index contributed by atoms with van der Waals surface area (Å²) in [6, 6.07) is 3.28. The van der Waals surface area contributed by atoms with Crippen molar-refractivity contribution in [3.8, 4) is 0 Å². The Labute approximate surface area is 120 Å². The predicted octanol–water partition coefficient (Wildman–Crippen LogP) is 3.87.